The molecule has 0 bridgehead atoms. The molecule has 8 nitrogen and oxygen atoms in total. The van der Waals surface area contributed by atoms with E-state index in [0.29, 0.717) is 5.56 Å². The van der Waals surface area contributed by atoms with Gasteiger partial charge in [0.25, 0.3) is 0 Å². The molecule has 0 aromatic heterocycles. The van der Waals surface area contributed by atoms with Crippen LogP contribution in [-0.4, -0.2) is 38.9 Å². The minimum absolute atomic E-state index is 0.000767. The molecule has 0 saturated heterocycles. The molecule has 0 aliphatic heterocycles. The van der Waals surface area contributed by atoms with Crippen LogP contribution in [0.4, 0.5) is 4.79 Å². The first-order chi connectivity index (χ1) is 11.4. The summed E-state index contributed by atoms with van der Waals surface area (Å²) in [5.74, 6) is -0.389. The maximum absolute atomic E-state index is 11.7. The Labute approximate surface area is 147 Å². The van der Waals surface area contributed by atoms with Crippen LogP contribution < -0.4 is 9.50 Å². The second-order valence-electron chi connectivity index (χ2n) is 6.34. The van der Waals surface area contributed by atoms with Crippen LogP contribution in [0.1, 0.15) is 39.4 Å². The standard InChI is InChI=1S/C16H23NO7S/c1-11(18)22-14(10-17-15(19)23-16(2,3)4)12-6-8-13(9-7-12)24-25(5,20)21/h6-9,14H,10H2,1-5H3,(H,17,19). The molecule has 1 unspecified atom stereocenters. The summed E-state index contributed by atoms with van der Waals surface area (Å²) in [6.07, 6.45) is -0.452. The highest BCUT2D eigenvalue weighted by Gasteiger charge is 2.20. The monoisotopic (exact) mass is 373 g/mol. The molecule has 1 aromatic carbocycles. The average molecular weight is 373 g/mol. The van der Waals surface area contributed by atoms with Crippen molar-refractivity contribution in [1.82, 2.24) is 5.32 Å². The van der Waals surface area contributed by atoms with Crippen molar-refractivity contribution < 1.29 is 31.7 Å². The zero-order chi connectivity index (χ0) is 19.3. The van der Waals surface area contributed by atoms with Gasteiger partial charge >= 0.3 is 22.2 Å². The van der Waals surface area contributed by atoms with E-state index in [-0.39, 0.29) is 12.3 Å². The molecular weight excluding hydrogens is 350 g/mol. The Morgan fingerprint density at radius 1 is 1.16 bits per heavy atom. The Morgan fingerprint density at radius 2 is 1.72 bits per heavy atom. The molecule has 0 radical (unpaired) electrons. The first-order valence-corrected chi connectivity index (χ1v) is 9.31. The third kappa shape index (κ3) is 8.94. The summed E-state index contributed by atoms with van der Waals surface area (Å²) >= 11 is 0. The highest BCUT2D eigenvalue weighted by atomic mass is 32.2. The Bertz CT molecular complexity index is 705. The van der Waals surface area contributed by atoms with E-state index in [1.165, 1.54) is 19.1 Å². The zero-order valence-electron chi connectivity index (χ0n) is 14.9. The molecule has 0 fully saturated rings. The van der Waals surface area contributed by atoms with Gasteiger partial charge in [-0.15, -0.1) is 0 Å². The molecule has 0 spiro atoms. The van der Waals surface area contributed by atoms with Gasteiger partial charge in [0.05, 0.1) is 12.8 Å². The summed E-state index contributed by atoms with van der Waals surface area (Å²) in [5.41, 5.74) is -0.0850. The number of amides is 1. The van der Waals surface area contributed by atoms with Crippen LogP contribution in [-0.2, 0) is 24.4 Å². The van der Waals surface area contributed by atoms with Gasteiger partial charge in [-0.2, -0.15) is 8.42 Å². The van der Waals surface area contributed by atoms with Crippen molar-refractivity contribution in [3.05, 3.63) is 29.8 Å². The van der Waals surface area contributed by atoms with Crippen LogP contribution >= 0.6 is 0 Å². The summed E-state index contributed by atoms with van der Waals surface area (Å²) in [6, 6.07) is 5.95. The molecule has 1 rings (SSSR count). The minimum atomic E-state index is -3.63. The van der Waals surface area contributed by atoms with E-state index in [4.69, 9.17) is 13.7 Å². The smallest absolute Gasteiger partial charge is 0.407 e. The van der Waals surface area contributed by atoms with Gasteiger partial charge in [-0.05, 0) is 38.5 Å². The zero-order valence-corrected chi connectivity index (χ0v) is 15.7. The SMILES string of the molecule is CC(=O)OC(CNC(=O)OC(C)(C)C)c1ccc(OS(C)(=O)=O)cc1. The highest BCUT2D eigenvalue weighted by Crippen LogP contribution is 2.21. The van der Waals surface area contributed by atoms with Crippen molar-refractivity contribution in [3.8, 4) is 5.75 Å². The second-order valence-corrected chi connectivity index (χ2v) is 7.91. The summed E-state index contributed by atoms with van der Waals surface area (Å²) in [7, 11) is -3.63. The van der Waals surface area contributed by atoms with Gasteiger partial charge in [0.2, 0.25) is 0 Å². The quantitative estimate of drug-likeness (QED) is 0.601. The fourth-order valence-electron chi connectivity index (χ4n) is 1.83. The van der Waals surface area contributed by atoms with Gasteiger partial charge < -0.3 is 19.0 Å². The van der Waals surface area contributed by atoms with Gasteiger partial charge in [-0.1, -0.05) is 12.1 Å². The lowest BCUT2D eigenvalue weighted by atomic mass is 10.1. The van der Waals surface area contributed by atoms with E-state index >= 15 is 0 Å². The molecule has 1 atom stereocenters. The summed E-state index contributed by atoms with van der Waals surface area (Å²) in [4.78, 5) is 23.0. The van der Waals surface area contributed by atoms with E-state index in [1.54, 1.807) is 32.9 Å². The first kappa shape index (κ1) is 20.8. The Morgan fingerprint density at radius 3 is 2.16 bits per heavy atom. The van der Waals surface area contributed by atoms with Gasteiger partial charge in [-0.25, -0.2) is 4.79 Å². The van der Waals surface area contributed by atoms with Crippen molar-refractivity contribution in [2.45, 2.75) is 39.4 Å². The molecule has 0 heterocycles. The van der Waals surface area contributed by atoms with E-state index in [9.17, 15) is 18.0 Å². The summed E-state index contributed by atoms with van der Waals surface area (Å²) < 4.78 is 37.3. The minimum Gasteiger partial charge on any atom is -0.456 e. The third-order valence-corrected chi connectivity index (χ3v) is 3.13. The fourth-order valence-corrected chi connectivity index (χ4v) is 2.29. The summed E-state index contributed by atoms with van der Waals surface area (Å²) in [6.45, 7) is 6.45. The molecule has 0 saturated carbocycles. The number of benzene rings is 1. The molecule has 1 amide bonds. The lowest BCUT2D eigenvalue weighted by molar-refractivity contribution is -0.146. The molecule has 140 valence electrons. The Hall–Kier alpha value is -2.29. The number of alkyl carbamates (subject to hydrolysis) is 1. The molecular formula is C16H23NO7S. The highest BCUT2D eigenvalue weighted by molar-refractivity contribution is 7.86. The van der Waals surface area contributed by atoms with Crippen molar-refractivity contribution in [2.75, 3.05) is 12.8 Å². The average Bonchev–Trinajstić information content (AvgIpc) is 2.40. The lowest BCUT2D eigenvalue weighted by Crippen LogP contribution is -2.35. The first-order valence-electron chi connectivity index (χ1n) is 7.49. The maximum Gasteiger partial charge on any atom is 0.407 e. The van der Waals surface area contributed by atoms with E-state index in [2.05, 4.69) is 5.32 Å². The summed E-state index contributed by atoms with van der Waals surface area (Å²) in [5, 5.41) is 2.53. The van der Waals surface area contributed by atoms with Gasteiger partial charge in [0.1, 0.15) is 17.5 Å². The van der Waals surface area contributed by atoms with Crippen molar-refractivity contribution in [1.29, 1.82) is 0 Å². The topological polar surface area (TPSA) is 108 Å². The number of nitrogens with one attached hydrogen (secondary N) is 1. The predicted molar refractivity (Wildman–Crippen MR) is 90.7 cm³/mol. The van der Waals surface area contributed by atoms with Crippen LogP contribution in [0.2, 0.25) is 0 Å². The fraction of sp³-hybridized carbons (Fsp3) is 0.500. The van der Waals surface area contributed by atoms with Crippen LogP contribution in [0.3, 0.4) is 0 Å². The van der Waals surface area contributed by atoms with E-state index < -0.39 is 33.9 Å². The molecule has 1 aromatic rings. The Kier molecular flexibility index (Phi) is 6.80. The molecule has 0 aliphatic rings. The number of carbonyl (C=O) groups excluding carboxylic acids is 2. The van der Waals surface area contributed by atoms with Gasteiger partial charge in [0, 0.05) is 6.92 Å². The third-order valence-electron chi connectivity index (χ3n) is 2.64. The van der Waals surface area contributed by atoms with Crippen LogP contribution in [0.15, 0.2) is 24.3 Å². The van der Waals surface area contributed by atoms with Crippen molar-refractivity contribution in [3.63, 3.8) is 0 Å². The normalized spacial score (nSPS) is 12.8. The largest absolute Gasteiger partial charge is 0.456 e. The Balaban J connectivity index is 2.81. The second kappa shape index (κ2) is 8.19. The van der Waals surface area contributed by atoms with Gasteiger partial charge in [-0.3, -0.25) is 4.79 Å². The van der Waals surface area contributed by atoms with E-state index in [1.807, 2.05) is 0 Å². The van der Waals surface area contributed by atoms with Crippen LogP contribution in [0.5, 0.6) is 5.75 Å². The van der Waals surface area contributed by atoms with Crippen LogP contribution in [0.25, 0.3) is 0 Å². The molecule has 1 N–H and O–H groups in total. The number of carbonyl (C=O) groups is 2. The van der Waals surface area contributed by atoms with E-state index in [0.717, 1.165) is 6.26 Å². The number of ether oxygens (including phenoxy) is 2. The lowest BCUT2D eigenvalue weighted by Gasteiger charge is -2.22. The molecule has 0 aliphatic carbocycles. The van der Waals surface area contributed by atoms with Gasteiger partial charge in [0.15, 0.2) is 0 Å². The maximum atomic E-state index is 11.7. The van der Waals surface area contributed by atoms with Crippen molar-refractivity contribution in [2.24, 2.45) is 0 Å². The molecule has 9 heteroatoms. The van der Waals surface area contributed by atoms with Crippen LogP contribution in [0, 0.1) is 0 Å². The number of esters is 1. The number of rotatable bonds is 6. The van der Waals surface area contributed by atoms with Crippen molar-refractivity contribution >= 4 is 22.2 Å². The number of hydrogen-bond donors (Lipinski definition) is 1. The predicted octanol–water partition coefficient (Wildman–Crippen LogP) is 2.15. The number of hydrogen-bond acceptors (Lipinski definition) is 7. The molecule has 25 heavy (non-hydrogen) atoms.